The van der Waals surface area contributed by atoms with Gasteiger partial charge in [-0.2, -0.15) is 0 Å². The number of likely N-dealkylation sites (N-methyl/N-ethyl adjacent to an activating group) is 7. The maximum Gasteiger partial charge on any atom is 0.326 e. The predicted octanol–water partition coefficient (Wildman–Crippen LogP) is 3.75. The lowest BCUT2D eigenvalue weighted by Crippen LogP contribution is -2.61. The lowest BCUT2D eigenvalue weighted by atomic mass is 9.95. The molecule has 0 fully saturated rings. The Balaban J connectivity index is 2.60. The van der Waals surface area contributed by atoms with Crippen molar-refractivity contribution in [3.8, 4) is 0 Å². The number of hydrogen-bond donors (Lipinski definition) is 5. The smallest absolute Gasteiger partial charge is 0.326 e. The highest BCUT2D eigenvalue weighted by Crippen LogP contribution is 2.24. The van der Waals surface area contributed by atoms with Crippen LogP contribution >= 0.6 is 0 Å². The Hall–Kier alpha value is -7.43. The van der Waals surface area contributed by atoms with Gasteiger partial charge in [0.05, 0.1) is 12.5 Å². The fraction of sp³-hybridized carbons (Fsp3) is 0.635. The van der Waals surface area contributed by atoms with Crippen LogP contribution in [0.15, 0.2) is 60.7 Å². The van der Waals surface area contributed by atoms with Crippen LogP contribution in [0.5, 0.6) is 0 Å². The molecule has 0 aromatic heterocycles. The van der Waals surface area contributed by atoms with Gasteiger partial charge in [-0.15, -0.1) is 0 Å². The van der Waals surface area contributed by atoms with E-state index in [1.807, 2.05) is 55.4 Å². The Labute approximate surface area is 509 Å². The molecule has 23 heteroatoms. The number of aliphatic carboxylic acids is 2. The fourth-order valence-electron chi connectivity index (χ4n) is 10.1. The molecule has 0 aliphatic heterocycles. The van der Waals surface area contributed by atoms with Crippen LogP contribution in [0, 0.1) is 23.7 Å². The number of carbonyl (C=O) groups is 11. The third kappa shape index (κ3) is 20.9. The monoisotopic (exact) mass is 1200 g/mol. The average Bonchev–Trinajstić information content (AvgIpc) is 2.60. The van der Waals surface area contributed by atoms with Crippen LogP contribution < -0.4 is 16.4 Å². The summed E-state index contributed by atoms with van der Waals surface area (Å²) >= 11 is 0. The zero-order chi connectivity index (χ0) is 65.8. The zero-order valence-corrected chi connectivity index (χ0v) is 54.1. The molecule has 9 amide bonds. The molecule has 0 spiro atoms. The molecule has 0 unspecified atom stereocenters. The lowest BCUT2D eigenvalue weighted by molar-refractivity contribution is -0.156. The van der Waals surface area contributed by atoms with Gasteiger partial charge in [-0.05, 0) is 74.3 Å². The molecule has 0 radical (unpaired) electrons. The van der Waals surface area contributed by atoms with Gasteiger partial charge >= 0.3 is 11.9 Å². The second-order valence-electron chi connectivity index (χ2n) is 24.2. The molecule has 0 saturated carbocycles. The highest BCUT2D eigenvalue weighted by atomic mass is 16.4. The molecule has 86 heavy (non-hydrogen) atoms. The normalized spacial score (nSPS) is 15.2. The minimum atomic E-state index is -1.81. The molecule has 0 bridgehead atoms. The Morgan fingerprint density at radius 2 is 0.767 bits per heavy atom. The molecule has 0 aliphatic carbocycles. The zero-order valence-electron chi connectivity index (χ0n) is 54.1. The summed E-state index contributed by atoms with van der Waals surface area (Å²) < 4.78 is 0. The first-order valence-corrected chi connectivity index (χ1v) is 29.8. The molecule has 0 aliphatic rings. The van der Waals surface area contributed by atoms with E-state index in [-0.39, 0.29) is 55.8 Å². The third-order valence-electron chi connectivity index (χ3n) is 16.3. The summed E-state index contributed by atoms with van der Waals surface area (Å²) in [6.07, 6.45) is 0.315. The van der Waals surface area contributed by atoms with Crippen LogP contribution in [0.1, 0.15) is 126 Å². The average molecular weight is 1210 g/mol. The van der Waals surface area contributed by atoms with Crippen molar-refractivity contribution in [2.75, 3.05) is 49.3 Å². The molecule has 23 nitrogen and oxygen atoms in total. The summed E-state index contributed by atoms with van der Waals surface area (Å²) in [4.78, 5) is 163. The fourth-order valence-corrected chi connectivity index (χ4v) is 10.1. The van der Waals surface area contributed by atoms with Crippen LogP contribution in [0.4, 0.5) is 0 Å². The van der Waals surface area contributed by atoms with Gasteiger partial charge in [-0.3, -0.25) is 47.9 Å². The SMILES string of the molecule is CC[C@H](N)C(=O)N[C@H](C(=O)N(C)[C@@H](CC(C)C)C(=O)N(C)[C@@H](C)C(=O)N(C)[C@@H](CC(C)C)C(=O)N(C)[C@@H](Cc1ccccc1)C(=O)N(C)[C@@H](C)C(=O)N(C)[C@@H](CC(C)C)C(=O)N(C)[C@@H](Cc1ccccc1)C(=O)N[C@@H](CC(=O)O)C(=O)O)[C@@H](C)CC. The predicted molar refractivity (Wildman–Crippen MR) is 327 cm³/mol. The summed E-state index contributed by atoms with van der Waals surface area (Å²) in [7, 11) is 10.0. The van der Waals surface area contributed by atoms with Crippen molar-refractivity contribution in [1.82, 2.24) is 44.9 Å². The van der Waals surface area contributed by atoms with E-state index in [0.29, 0.717) is 24.0 Å². The molecular weight excluding hydrogens is 1100 g/mol. The molecule has 11 atom stereocenters. The van der Waals surface area contributed by atoms with E-state index < -0.39 is 132 Å². The van der Waals surface area contributed by atoms with Gasteiger partial charge in [0.1, 0.15) is 54.4 Å². The summed E-state index contributed by atoms with van der Waals surface area (Å²) in [5.41, 5.74) is 7.30. The number of carboxylic acid groups (broad SMARTS) is 2. The molecule has 2 aromatic carbocycles. The molecule has 0 heterocycles. The summed E-state index contributed by atoms with van der Waals surface area (Å²) in [6.45, 7) is 19.7. The van der Waals surface area contributed by atoms with Gasteiger partial charge < -0.3 is 60.9 Å². The number of nitrogens with one attached hydrogen (secondary N) is 2. The van der Waals surface area contributed by atoms with Crippen molar-refractivity contribution in [3.63, 3.8) is 0 Å². The van der Waals surface area contributed by atoms with E-state index in [0.717, 1.165) is 4.90 Å². The summed E-state index contributed by atoms with van der Waals surface area (Å²) in [5.74, 6) is -9.45. The minimum absolute atomic E-state index is 0.0154. The molecule has 6 N–H and O–H groups in total. The Morgan fingerprint density at radius 3 is 1.12 bits per heavy atom. The van der Waals surface area contributed by atoms with E-state index >= 15 is 9.59 Å². The van der Waals surface area contributed by atoms with Gasteiger partial charge in [0.2, 0.25) is 53.2 Å². The van der Waals surface area contributed by atoms with Crippen LogP contribution in [0.25, 0.3) is 0 Å². The van der Waals surface area contributed by atoms with Crippen molar-refractivity contribution in [2.24, 2.45) is 29.4 Å². The summed E-state index contributed by atoms with van der Waals surface area (Å²) in [5, 5.41) is 24.2. The molecule has 480 valence electrons. The van der Waals surface area contributed by atoms with Gasteiger partial charge in [-0.1, -0.05) is 129 Å². The van der Waals surface area contributed by atoms with Crippen LogP contribution in [0.3, 0.4) is 0 Å². The van der Waals surface area contributed by atoms with E-state index in [4.69, 9.17) is 5.73 Å². The van der Waals surface area contributed by atoms with Crippen LogP contribution in [-0.4, -0.2) is 219 Å². The first kappa shape index (κ1) is 74.7. The Bertz CT molecular complexity index is 2620. The highest BCUT2D eigenvalue weighted by Gasteiger charge is 2.44. The number of carbonyl (C=O) groups excluding carboxylic acids is 9. The van der Waals surface area contributed by atoms with Crippen molar-refractivity contribution in [1.29, 1.82) is 0 Å². The lowest BCUT2D eigenvalue weighted by Gasteiger charge is -2.40. The Morgan fingerprint density at radius 1 is 0.430 bits per heavy atom. The van der Waals surface area contributed by atoms with E-state index in [1.54, 1.807) is 67.6 Å². The number of nitrogens with two attached hydrogens (primary N) is 1. The topological polar surface area (TPSA) is 301 Å². The largest absolute Gasteiger partial charge is 0.481 e. The van der Waals surface area contributed by atoms with Gasteiger partial charge in [-0.25, -0.2) is 4.79 Å². The van der Waals surface area contributed by atoms with Crippen LogP contribution in [-0.2, 0) is 65.6 Å². The molecule has 2 aromatic rings. The maximum absolute atomic E-state index is 15.2. The number of amides is 9. The van der Waals surface area contributed by atoms with Gasteiger partial charge in [0, 0.05) is 62.2 Å². The molecule has 0 saturated heterocycles. The minimum Gasteiger partial charge on any atom is -0.481 e. The third-order valence-corrected chi connectivity index (χ3v) is 16.3. The van der Waals surface area contributed by atoms with Crippen molar-refractivity contribution >= 4 is 65.1 Å². The van der Waals surface area contributed by atoms with E-state index in [2.05, 4.69) is 10.6 Å². The molecular formula is C63H100N10O13. The first-order chi connectivity index (χ1) is 40.0. The first-order valence-electron chi connectivity index (χ1n) is 29.8. The summed E-state index contributed by atoms with van der Waals surface area (Å²) in [6, 6.07) is 5.44. The van der Waals surface area contributed by atoms with Crippen LogP contribution in [0.2, 0.25) is 0 Å². The Kier molecular flexibility index (Phi) is 30.1. The number of carboxylic acids is 2. The van der Waals surface area contributed by atoms with Crippen molar-refractivity contribution < 1.29 is 63.0 Å². The van der Waals surface area contributed by atoms with Crippen molar-refractivity contribution in [2.45, 2.75) is 188 Å². The number of nitrogens with zero attached hydrogens (tertiary/aromatic N) is 7. The number of rotatable bonds is 34. The standard InChI is InChI=1S/C63H100N10O13/c1-19-40(9)53(66-54(76)45(64)20-2)62(84)73(18)48(31-37(3)4)58(80)67(12)41(10)56(78)71(16)50(33-39(7)8)61(83)72(17)51(35-44-29-25-22-26-30-44)59(81)68(13)42(11)57(79)70(15)49(32-38(5)6)60(82)69(14)47(34-43-27-23-21-24-28-43)55(77)65-46(63(85)86)36-52(74)75/h21-30,37-42,45-51,53H,19-20,31-36,64H2,1-18H3,(H,65,77)(H,66,76)(H,74,75)(H,85,86)/t40-,41-,42-,45-,46-,47-,48-,49-,50-,51-,53-/m0/s1. The second kappa shape index (κ2) is 34.6. The van der Waals surface area contributed by atoms with Gasteiger partial charge in [0.15, 0.2) is 0 Å². The quantitative estimate of drug-likeness (QED) is 0.0667. The number of hydrogen-bond acceptors (Lipinski definition) is 12. The van der Waals surface area contributed by atoms with E-state index in [9.17, 15) is 53.4 Å². The maximum atomic E-state index is 15.2. The number of benzene rings is 2. The molecule has 2 rings (SSSR count). The highest BCUT2D eigenvalue weighted by molar-refractivity contribution is 5.98. The van der Waals surface area contributed by atoms with E-state index in [1.165, 1.54) is 92.6 Å². The second-order valence-corrected chi connectivity index (χ2v) is 24.2. The van der Waals surface area contributed by atoms with Crippen molar-refractivity contribution in [3.05, 3.63) is 71.8 Å². The van der Waals surface area contributed by atoms with Gasteiger partial charge in [0.25, 0.3) is 0 Å².